The van der Waals surface area contributed by atoms with E-state index in [1.54, 1.807) is 11.8 Å². The van der Waals surface area contributed by atoms with Gasteiger partial charge in [0.05, 0.1) is 11.5 Å². The highest BCUT2D eigenvalue weighted by atomic mass is 32.2. The van der Waals surface area contributed by atoms with Crippen molar-refractivity contribution < 1.29 is 0 Å². The van der Waals surface area contributed by atoms with Crippen LogP contribution in [0.1, 0.15) is 13.8 Å². The van der Waals surface area contributed by atoms with Crippen LogP contribution < -0.4 is 5.32 Å². The molecule has 0 amide bonds. The van der Waals surface area contributed by atoms with Crippen LogP contribution in [0.15, 0.2) is 0 Å². The number of nitrogens with zero attached hydrogens (tertiary/aromatic N) is 1. The number of thiocarbonyl (C=S) groups is 1. The van der Waals surface area contributed by atoms with Crippen molar-refractivity contribution in [3.63, 3.8) is 0 Å². The number of rotatable bonds is 0. The maximum atomic E-state index is 5.04. The lowest BCUT2D eigenvalue weighted by molar-refractivity contribution is 0.233. The molecule has 1 aliphatic heterocycles. The van der Waals surface area contributed by atoms with Gasteiger partial charge in [0.2, 0.25) is 0 Å². The topological polar surface area (TPSA) is 15.3 Å². The summed E-state index contributed by atoms with van der Waals surface area (Å²) in [5.41, 5.74) is 0. The summed E-state index contributed by atoms with van der Waals surface area (Å²) in [6, 6.07) is 0. The van der Waals surface area contributed by atoms with Gasteiger partial charge in [0.15, 0.2) is 0 Å². The van der Waals surface area contributed by atoms with E-state index in [2.05, 4.69) is 31.1 Å². The van der Waals surface area contributed by atoms with E-state index in [0.29, 0.717) is 11.5 Å². The summed E-state index contributed by atoms with van der Waals surface area (Å²) >= 11 is 6.74. The zero-order valence-electron chi connectivity index (χ0n) is 6.42. The number of hydrogen-bond acceptors (Lipinski definition) is 3. The van der Waals surface area contributed by atoms with Crippen molar-refractivity contribution in [2.45, 2.75) is 25.4 Å². The van der Waals surface area contributed by atoms with E-state index in [4.69, 9.17) is 12.2 Å². The van der Waals surface area contributed by atoms with Gasteiger partial charge in [-0.15, -0.1) is 0 Å². The molecule has 1 heterocycles. The molecule has 0 aromatic rings. The van der Waals surface area contributed by atoms with Crippen LogP contribution in [-0.4, -0.2) is 27.8 Å². The molecule has 1 saturated heterocycles. The van der Waals surface area contributed by atoms with Gasteiger partial charge in [-0.1, -0.05) is 24.0 Å². The molecule has 1 rings (SSSR count). The third-order valence-corrected chi connectivity index (χ3v) is 3.20. The molecule has 2 nitrogen and oxygen atoms in total. The second-order valence-electron chi connectivity index (χ2n) is 2.49. The van der Waals surface area contributed by atoms with Crippen LogP contribution in [0.2, 0.25) is 0 Å². The summed E-state index contributed by atoms with van der Waals surface area (Å²) in [5.74, 6) is 0. The fourth-order valence-electron chi connectivity index (χ4n) is 0.859. The van der Waals surface area contributed by atoms with Crippen molar-refractivity contribution in [2.24, 2.45) is 0 Å². The van der Waals surface area contributed by atoms with E-state index >= 15 is 0 Å². The average molecular weight is 176 g/mol. The number of nitrogens with one attached hydrogen (secondary N) is 1. The lowest BCUT2D eigenvalue weighted by Crippen LogP contribution is -2.51. The molecule has 0 saturated carbocycles. The zero-order valence-corrected chi connectivity index (χ0v) is 8.05. The molecule has 4 heteroatoms. The van der Waals surface area contributed by atoms with Crippen LogP contribution in [0.3, 0.4) is 0 Å². The van der Waals surface area contributed by atoms with Crippen LogP contribution in [0.5, 0.6) is 0 Å². The van der Waals surface area contributed by atoms with Gasteiger partial charge >= 0.3 is 0 Å². The average Bonchev–Trinajstić information content (AvgIpc) is 1.82. The summed E-state index contributed by atoms with van der Waals surface area (Å²) in [6.07, 6.45) is 0.378. The molecule has 0 aliphatic carbocycles. The van der Waals surface area contributed by atoms with Crippen LogP contribution in [0.4, 0.5) is 0 Å². The van der Waals surface area contributed by atoms with Crippen LogP contribution >= 0.6 is 24.0 Å². The van der Waals surface area contributed by atoms with E-state index in [-0.39, 0.29) is 0 Å². The Morgan fingerprint density at radius 3 is 2.70 bits per heavy atom. The third kappa shape index (κ3) is 1.62. The Kier molecular flexibility index (Phi) is 2.55. The molecular weight excluding hydrogens is 164 g/mol. The van der Waals surface area contributed by atoms with Crippen molar-refractivity contribution in [2.75, 3.05) is 7.05 Å². The van der Waals surface area contributed by atoms with E-state index in [9.17, 15) is 0 Å². The maximum absolute atomic E-state index is 5.04. The lowest BCUT2D eigenvalue weighted by atomic mass is 10.4. The molecule has 0 aromatic carbocycles. The molecule has 0 radical (unpaired) electrons. The Labute approximate surface area is 71.3 Å². The molecule has 58 valence electrons. The maximum Gasteiger partial charge on any atom is 0.136 e. The highest BCUT2D eigenvalue weighted by Gasteiger charge is 2.23. The molecule has 1 fully saturated rings. The first-order valence-electron chi connectivity index (χ1n) is 3.30. The van der Waals surface area contributed by atoms with E-state index in [1.807, 2.05) is 0 Å². The van der Waals surface area contributed by atoms with Crippen molar-refractivity contribution >= 4 is 28.3 Å². The van der Waals surface area contributed by atoms with Crippen molar-refractivity contribution in [3.05, 3.63) is 0 Å². The van der Waals surface area contributed by atoms with Gasteiger partial charge in [-0.05, 0) is 20.9 Å². The SMILES string of the molecule is CC1NC(=S)SC(C)N1C. The first-order chi connectivity index (χ1) is 4.61. The summed E-state index contributed by atoms with van der Waals surface area (Å²) in [5, 5.41) is 3.68. The molecule has 1 aliphatic rings. The molecule has 2 atom stereocenters. The Balaban J connectivity index is 2.57. The first kappa shape index (κ1) is 8.30. The van der Waals surface area contributed by atoms with Gasteiger partial charge in [0.1, 0.15) is 4.32 Å². The quantitative estimate of drug-likeness (QED) is 0.558. The summed E-state index contributed by atoms with van der Waals surface area (Å²) < 4.78 is 0.915. The zero-order chi connectivity index (χ0) is 7.72. The molecule has 10 heavy (non-hydrogen) atoms. The Morgan fingerprint density at radius 1 is 1.60 bits per heavy atom. The predicted octanol–water partition coefficient (Wildman–Crippen LogP) is 1.23. The largest absolute Gasteiger partial charge is 0.356 e. The Morgan fingerprint density at radius 2 is 2.20 bits per heavy atom. The van der Waals surface area contributed by atoms with Gasteiger partial charge in [-0.3, -0.25) is 4.90 Å². The van der Waals surface area contributed by atoms with Crippen LogP contribution in [0, 0.1) is 0 Å². The molecule has 1 N–H and O–H groups in total. The minimum absolute atomic E-state index is 0.378. The van der Waals surface area contributed by atoms with Gasteiger partial charge in [0, 0.05) is 0 Å². The minimum atomic E-state index is 0.378. The van der Waals surface area contributed by atoms with Gasteiger partial charge in [-0.2, -0.15) is 0 Å². The minimum Gasteiger partial charge on any atom is -0.356 e. The summed E-state index contributed by atoms with van der Waals surface area (Å²) in [4.78, 5) is 2.25. The Bertz CT molecular complexity index is 135. The molecule has 2 unspecified atom stereocenters. The first-order valence-corrected chi connectivity index (χ1v) is 4.59. The van der Waals surface area contributed by atoms with E-state index in [0.717, 1.165) is 4.32 Å². The fourth-order valence-corrected chi connectivity index (χ4v) is 2.34. The normalized spacial score (nSPS) is 35.7. The number of thioether (sulfide) groups is 1. The summed E-state index contributed by atoms with van der Waals surface area (Å²) in [7, 11) is 2.09. The highest BCUT2D eigenvalue weighted by molar-refractivity contribution is 8.23. The van der Waals surface area contributed by atoms with Crippen LogP contribution in [-0.2, 0) is 0 Å². The molecule has 0 bridgehead atoms. The van der Waals surface area contributed by atoms with Crippen LogP contribution in [0.25, 0.3) is 0 Å². The second-order valence-corrected chi connectivity index (χ2v) is 4.48. The molecule has 0 spiro atoms. The number of hydrogen-bond donors (Lipinski definition) is 1. The van der Waals surface area contributed by atoms with Crippen molar-refractivity contribution in [1.82, 2.24) is 10.2 Å². The van der Waals surface area contributed by atoms with E-state index < -0.39 is 0 Å². The van der Waals surface area contributed by atoms with Crippen molar-refractivity contribution in [3.8, 4) is 0 Å². The summed E-state index contributed by atoms with van der Waals surface area (Å²) in [6.45, 7) is 4.27. The fraction of sp³-hybridized carbons (Fsp3) is 0.833. The molecule has 0 aromatic heterocycles. The van der Waals surface area contributed by atoms with E-state index in [1.165, 1.54) is 0 Å². The third-order valence-electron chi connectivity index (χ3n) is 1.79. The van der Waals surface area contributed by atoms with Crippen molar-refractivity contribution in [1.29, 1.82) is 0 Å². The smallest absolute Gasteiger partial charge is 0.136 e. The van der Waals surface area contributed by atoms with Gasteiger partial charge < -0.3 is 5.32 Å². The van der Waals surface area contributed by atoms with Gasteiger partial charge in [0.25, 0.3) is 0 Å². The highest BCUT2D eigenvalue weighted by Crippen LogP contribution is 2.21. The van der Waals surface area contributed by atoms with Gasteiger partial charge in [-0.25, -0.2) is 0 Å². The predicted molar refractivity (Wildman–Crippen MR) is 50.0 cm³/mol. The Hall–Kier alpha value is 0.200. The monoisotopic (exact) mass is 176 g/mol. The standard InChI is InChI=1S/C6H12N2S2/c1-4-7-6(9)10-5(2)8(4)3/h4-5H,1-3H3,(H,7,9). The lowest BCUT2D eigenvalue weighted by Gasteiger charge is -2.36. The molecular formula is C6H12N2S2. The second kappa shape index (κ2) is 3.07.